The van der Waals surface area contributed by atoms with Gasteiger partial charge in [-0.05, 0) is 6.92 Å². The van der Waals surface area contributed by atoms with Crippen LogP contribution in [-0.4, -0.2) is 32.3 Å². The highest BCUT2D eigenvalue weighted by molar-refractivity contribution is 7.85. The molecule has 0 aliphatic rings. The minimum Gasteiger partial charge on any atom is -0.617 e. The van der Waals surface area contributed by atoms with Gasteiger partial charge in [0.2, 0.25) is 0 Å². The summed E-state index contributed by atoms with van der Waals surface area (Å²) in [5, 5.41) is 10.8. The van der Waals surface area contributed by atoms with Crippen LogP contribution in [0.25, 0.3) is 0 Å². The summed E-state index contributed by atoms with van der Waals surface area (Å²) in [4.78, 5) is 0. The quantitative estimate of drug-likeness (QED) is 0.411. The lowest BCUT2D eigenvalue weighted by Crippen LogP contribution is -2.42. The average molecular weight is 153 g/mol. The lowest BCUT2D eigenvalue weighted by Gasteiger charge is -2.33. The van der Waals surface area contributed by atoms with Crippen LogP contribution in [0.5, 0.6) is 0 Å². The summed E-state index contributed by atoms with van der Waals surface area (Å²) in [7, 11) is -2.35. The van der Waals surface area contributed by atoms with Crippen molar-refractivity contribution in [3.63, 3.8) is 0 Å². The highest BCUT2D eigenvalue weighted by atomic mass is 32.2. The highest BCUT2D eigenvalue weighted by Crippen LogP contribution is 2.04. The van der Waals surface area contributed by atoms with Crippen molar-refractivity contribution in [2.75, 3.05) is 19.8 Å². The molecule has 0 aliphatic carbocycles. The first kappa shape index (κ1) is 8.87. The molecule has 1 atom stereocenters. The van der Waals surface area contributed by atoms with Gasteiger partial charge in [0.25, 0.3) is 10.0 Å². The molecule has 0 rings (SSSR count). The van der Waals surface area contributed by atoms with Crippen molar-refractivity contribution in [1.82, 2.24) is 0 Å². The van der Waals surface area contributed by atoms with E-state index in [1.54, 1.807) is 0 Å². The van der Waals surface area contributed by atoms with E-state index in [1.165, 1.54) is 6.92 Å². The molecule has 1 unspecified atom stereocenters. The first-order valence-electron chi connectivity index (χ1n) is 2.58. The van der Waals surface area contributed by atoms with Gasteiger partial charge in [-0.1, -0.05) is 0 Å². The fourth-order valence-corrected chi connectivity index (χ4v) is 0.704. The van der Waals surface area contributed by atoms with Crippen molar-refractivity contribution >= 4 is 10.0 Å². The summed E-state index contributed by atoms with van der Waals surface area (Å²) in [6.07, 6.45) is 0.934. The molecular weight excluding hydrogens is 142 g/mol. The van der Waals surface area contributed by atoms with Crippen molar-refractivity contribution in [3.8, 4) is 0 Å². The zero-order chi connectivity index (χ0) is 7.71. The Morgan fingerprint density at radius 3 is 1.89 bits per heavy atom. The summed E-state index contributed by atoms with van der Waals surface area (Å²) in [6, 6.07) is 0. The minimum absolute atomic E-state index is 0.0544. The average Bonchev–Trinajstić information content (AvgIpc) is 1.64. The van der Waals surface area contributed by atoms with Gasteiger partial charge in [0.15, 0.2) is 0 Å². The maximum absolute atomic E-state index is 10.8. The van der Waals surface area contributed by atoms with E-state index in [0.29, 0.717) is 0 Å². The van der Waals surface area contributed by atoms with E-state index in [-0.39, 0.29) is 6.54 Å². The number of hydroxylamine groups is 2. The number of sulfonamides is 1. The van der Waals surface area contributed by atoms with Crippen LogP contribution in [0.3, 0.4) is 0 Å². The summed E-state index contributed by atoms with van der Waals surface area (Å²) >= 11 is 0. The number of hydrogen-bond donors (Lipinski definition) is 0. The van der Waals surface area contributed by atoms with E-state index in [4.69, 9.17) is 0 Å². The second kappa shape index (κ2) is 2.24. The lowest BCUT2D eigenvalue weighted by atomic mass is 10.8. The van der Waals surface area contributed by atoms with Crippen molar-refractivity contribution < 1.29 is 12.5 Å². The SMILES string of the molecule is CC[N+](C)([O-])S(C)(=O)=O. The highest BCUT2D eigenvalue weighted by Gasteiger charge is 2.19. The predicted molar refractivity (Wildman–Crippen MR) is 34.9 cm³/mol. The maximum Gasteiger partial charge on any atom is 0.293 e. The molecule has 5 heteroatoms. The molecule has 56 valence electrons. The molecule has 0 spiro atoms. The number of hydrogen-bond acceptors (Lipinski definition) is 3. The molecule has 0 saturated heterocycles. The Morgan fingerprint density at radius 1 is 1.56 bits per heavy atom. The normalized spacial score (nSPS) is 19.1. The van der Waals surface area contributed by atoms with E-state index < -0.39 is 14.1 Å². The van der Waals surface area contributed by atoms with Crippen LogP contribution in [0, 0.1) is 5.21 Å². The summed E-state index contributed by atoms with van der Waals surface area (Å²) in [5.74, 6) is 0. The monoisotopic (exact) mass is 153 g/mol. The van der Waals surface area contributed by atoms with Crippen LogP contribution in [-0.2, 0) is 10.0 Å². The Labute approximate surface area is 55.3 Å². The second-order valence-corrected chi connectivity index (χ2v) is 4.30. The van der Waals surface area contributed by atoms with Gasteiger partial charge in [-0.15, -0.1) is 0 Å². The van der Waals surface area contributed by atoms with Gasteiger partial charge in [0, 0.05) is 0 Å². The number of quaternary nitrogens is 1. The molecular formula is C4H11NO3S. The molecule has 0 aromatic rings. The molecule has 0 heterocycles. The number of rotatable bonds is 2. The van der Waals surface area contributed by atoms with Crippen LogP contribution in [0.4, 0.5) is 0 Å². The smallest absolute Gasteiger partial charge is 0.293 e. The third-order valence-corrected chi connectivity index (χ3v) is 2.94. The van der Waals surface area contributed by atoms with Gasteiger partial charge in [-0.3, -0.25) is 4.05 Å². The van der Waals surface area contributed by atoms with Gasteiger partial charge in [0.05, 0.1) is 19.8 Å². The van der Waals surface area contributed by atoms with Crippen LogP contribution in [0.1, 0.15) is 6.92 Å². The zero-order valence-corrected chi connectivity index (χ0v) is 6.60. The topological polar surface area (TPSA) is 57.2 Å². The number of nitrogens with zero attached hydrogens (tertiary/aromatic N) is 1. The van der Waals surface area contributed by atoms with E-state index in [0.717, 1.165) is 13.3 Å². The van der Waals surface area contributed by atoms with E-state index >= 15 is 0 Å². The molecule has 0 aromatic heterocycles. The molecule has 0 aromatic carbocycles. The van der Waals surface area contributed by atoms with Crippen molar-refractivity contribution in [3.05, 3.63) is 5.21 Å². The molecule has 0 fully saturated rings. The molecule has 0 amide bonds. The van der Waals surface area contributed by atoms with Gasteiger partial charge in [-0.25, -0.2) is 0 Å². The Kier molecular flexibility index (Phi) is 2.21. The van der Waals surface area contributed by atoms with Crippen LogP contribution in [0.15, 0.2) is 0 Å². The van der Waals surface area contributed by atoms with Gasteiger partial charge >= 0.3 is 0 Å². The first-order chi connectivity index (χ1) is 3.81. The van der Waals surface area contributed by atoms with Gasteiger partial charge in [-0.2, -0.15) is 8.42 Å². The van der Waals surface area contributed by atoms with E-state index in [1.807, 2.05) is 0 Å². The third kappa shape index (κ3) is 1.92. The second-order valence-electron chi connectivity index (χ2n) is 2.06. The van der Waals surface area contributed by atoms with E-state index in [2.05, 4.69) is 0 Å². The van der Waals surface area contributed by atoms with Gasteiger partial charge in [0.1, 0.15) is 0 Å². The van der Waals surface area contributed by atoms with Crippen molar-refractivity contribution in [1.29, 1.82) is 0 Å². The fourth-order valence-electron chi connectivity index (χ4n) is 0.235. The molecule has 0 bridgehead atoms. The predicted octanol–water partition coefficient (Wildman–Crippen LogP) is -0.0897. The molecule has 4 nitrogen and oxygen atoms in total. The molecule has 0 radical (unpaired) electrons. The summed E-state index contributed by atoms with van der Waals surface area (Å²) in [5.41, 5.74) is 0. The largest absolute Gasteiger partial charge is 0.617 e. The fraction of sp³-hybridized carbons (Fsp3) is 1.00. The summed E-state index contributed by atoms with van der Waals surface area (Å²) < 4.78 is 19.9. The zero-order valence-electron chi connectivity index (χ0n) is 5.79. The molecule has 9 heavy (non-hydrogen) atoms. The van der Waals surface area contributed by atoms with Gasteiger partial charge < -0.3 is 5.21 Å². The Hall–Kier alpha value is -0.130. The third-order valence-electron chi connectivity index (χ3n) is 1.28. The van der Waals surface area contributed by atoms with Crippen molar-refractivity contribution in [2.45, 2.75) is 6.92 Å². The van der Waals surface area contributed by atoms with Crippen LogP contribution >= 0.6 is 0 Å². The molecule has 0 N–H and O–H groups in total. The lowest BCUT2D eigenvalue weighted by molar-refractivity contribution is -0.726. The van der Waals surface area contributed by atoms with Crippen LogP contribution in [0.2, 0.25) is 0 Å². The van der Waals surface area contributed by atoms with Crippen LogP contribution < -0.4 is 0 Å². The molecule has 0 saturated carbocycles. The minimum atomic E-state index is -3.47. The van der Waals surface area contributed by atoms with Crippen molar-refractivity contribution in [2.24, 2.45) is 0 Å². The maximum atomic E-state index is 10.8. The molecule has 0 aliphatic heterocycles. The Balaban J connectivity index is 4.56. The Bertz CT molecular complexity index is 182. The standard InChI is InChI=1S/C4H11NO3S/c1-4-5(2,6)9(3,7)8/h4H2,1-3H3. The van der Waals surface area contributed by atoms with E-state index in [9.17, 15) is 13.6 Å². The Morgan fingerprint density at radius 2 is 1.89 bits per heavy atom. The first-order valence-corrected chi connectivity index (χ1v) is 4.43. The summed E-state index contributed by atoms with van der Waals surface area (Å²) in [6.45, 7) is 1.59.